The molecule has 0 N–H and O–H groups in total. The maximum absolute atomic E-state index is 5.58. The van der Waals surface area contributed by atoms with Gasteiger partial charge in [-0.1, -0.05) is 0 Å². The molecule has 152 valence electrons. The summed E-state index contributed by atoms with van der Waals surface area (Å²) in [5.41, 5.74) is 2.51. The SMILES string of the molecule is Cc1ccc[n+](CCOCCOCCOCC[n+]2cccc(C)c2)c1.[Br-].[Br-]. The van der Waals surface area contributed by atoms with Gasteiger partial charge in [-0.05, 0) is 26.0 Å². The average molecular weight is 506 g/mol. The van der Waals surface area contributed by atoms with E-state index in [-0.39, 0.29) is 34.0 Å². The second-order valence-electron chi connectivity index (χ2n) is 6.08. The molecule has 5 nitrogen and oxygen atoms in total. The summed E-state index contributed by atoms with van der Waals surface area (Å²) in [6, 6.07) is 8.28. The lowest BCUT2D eigenvalue weighted by atomic mass is 10.3. The molecular weight excluding hydrogens is 476 g/mol. The first kappa shape index (κ1) is 26.1. The predicted octanol–water partition coefficient (Wildman–Crippen LogP) is -4.36. The van der Waals surface area contributed by atoms with Crippen molar-refractivity contribution in [3.05, 3.63) is 60.2 Å². The van der Waals surface area contributed by atoms with E-state index >= 15 is 0 Å². The number of nitrogens with zero attached hydrogens (tertiary/aromatic N) is 2. The van der Waals surface area contributed by atoms with Gasteiger partial charge in [0.05, 0.1) is 26.4 Å². The molecule has 2 aromatic rings. The summed E-state index contributed by atoms with van der Waals surface area (Å²) >= 11 is 0. The van der Waals surface area contributed by atoms with Crippen molar-refractivity contribution < 1.29 is 57.3 Å². The number of hydrogen-bond acceptors (Lipinski definition) is 3. The first-order valence-corrected chi connectivity index (χ1v) is 8.89. The van der Waals surface area contributed by atoms with Crippen molar-refractivity contribution >= 4 is 0 Å². The third kappa shape index (κ3) is 12.3. The second-order valence-corrected chi connectivity index (χ2v) is 6.08. The van der Waals surface area contributed by atoms with Crippen LogP contribution in [0.2, 0.25) is 0 Å². The molecule has 0 unspecified atom stereocenters. The minimum atomic E-state index is 0. The van der Waals surface area contributed by atoms with Crippen LogP contribution in [-0.2, 0) is 27.3 Å². The molecule has 0 fully saturated rings. The molecule has 0 bridgehead atoms. The number of aromatic nitrogens is 2. The summed E-state index contributed by atoms with van der Waals surface area (Å²) < 4.78 is 21.0. The van der Waals surface area contributed by atoms with Crippen LogP contribution in [0.1, 0.15) is 11.1 Å². The second kappa shape index (κ2) is 16.1. The predicted molar refractivity (Wildman–Crippen MR) is 95.2 cm³/mol. The normalized spacial score (nSPS) is 10.1. The van der Waals surface area contributed by atoms with E-state index in [1.165, 1.54) is 11.1 Å². The van der Waals surface area contributed by atoms with Crippen molar-refractivity contribution in [2.24, 2.45) is 0 Å². The number of pyridine rings is 2. The van der Waals surface area contributed by atoms with Crippen LogP contribution in [0, 0.1) is 13.8 Å². The van der Waals surface area contributed by atoms with E-state index in [2.05, 4.69) is 72.0 Å². The van der Waals surface area contributed by atoms with Crippen molar-refractivity contribution in [2.75, 3.05) is 39.6 Å². The highest BCUT2D eigenvalue weighted by atomic mass is 79.9. The zero-order chi connectivity index (χ0) is 17.7. The summed E-state index contributed by atoms with van der Waals surface area (Å²) in [7, 11) is 0. The van der Waals surface area contributed by atoms with E-state index in [1.54, 1.807) is 0 Å². The lowest BCUT2D eigenvalue weighted by molar-refractivity contribution is -0.698. The smallest absolute Gasteiger partial charge is 0.171 e. The monoisotopic (exact) mass is 504 g/mol. The maximum atomic E-state index is 5.58. The molecule has 0 saturated heterocycles. The average Bonchev–Trinajstić information content (AvgIpc) is 2.60. The molecule has 0 saturated carbocycles. The number of ether oxygens (including phenoxy) is 3. The van der Waals surface area contributed by atoms with Crippen LogP contribution in [0.5, 0.6) is 0 Å². The van der Waals surface area contributed by atoms with Crippen LogP contribution in [0.3, 0.4) is 0 Å². The van der Waals surface area contributed by atoms with Crippen molar-refractivity contribution in [3.8, 4) is 0 Å². The van der Waals surface area contributed by atoms with Crippen molar-refractivity contribution in [1.29, 1.82) is 0 Å². The van der Waals surface area contributed by atoms with Gasteiger partial charge in [0.15, 0.2) is 37.9 Å². The summed E-state index contributed by atoms with van der Waals surface area (Å²) in [6.45, 7) is 9.74. The number of aryl methyl sites for hydroxylation is 2. The van der Waals surface area contributed by atoms with E-state index in [0.717, 1.165) is 13.1 Å². The summed E-state index contributed by atoms with van der Waals surface area (Å²) in [5.74, 6) is 0. The van der Waals surface area contributed by atoms with E-state index < -0.39 is 0 Å². The highest BCUT2D eigenvalue weighted by Crippen LogP contribution is 1.90. The van der Waals surface area contributed by atoms with Crippen LogP contribution >= 0.6 is 0 Å². The van der Waals surface area contributed by atoms with Gasteiger partial charge in [-0.25, -0.2) is 9.13 Å². The molecule has 2 heterocycles. The Labute approximate surface area is 183 Å². The Morgan fingerprint density at radius 2 is 1.00 bits per heavy atom. The molecule has 0 aliphatic rings. The van der Waals surface area contributed by atoms with Gasteiger partial charge >= 0.3 is 0 Å². The molecule has 0 atom stereocenters. The summed E-state index contributed by atoms with van der Waals surface area (Å²) in [4.78, 5) is 0. The molecule has 0 aliphatic carbocycles. The van der Waals surface area contributed by atoms with Crippen LogP contribution in [0.4, 0.5) is 0 Å². The number of rotatable bonds is 12. The summed E-state index contributed by atoms with van der Waals surface area (Å²) in [6.07, 6.45) is 8.34. The lowest BCUT2D eigenvalue weighted by Crippen LogP contribution is -3.00. The van der Waals surface area contributed by atoms with Crippen LogP contribution in [-0.4, -0.2) is 39.6 Å². The lowest BCUT2D eigenvalue weighted by Gasteiger charge is -2.05. The molecule has 7 heteroatoms. The number of halogens is 2. The minimum absolute atomic E-state index is 0. The van der Waals surface area contributed by atoms with Crippen molar-refractivity contribution in [1.82, 2.24) is 0 Å². The van der Waals surface area contributed by atoms with Crippen molar-refractivity contribution in [3.63, 3.8) is 0 Å². The fraction of sp³-hybridized carbons (Fsp3) is 0.500. The van der Waals surface area contributed by atoms with Gasteiger partial charge in [0, 0.05) is 23.3 Å². The fourth-order valence-electron chi connectivity index (χ4n) is 2.47. The van der Waals surface area contributed by atoms with E-state index in [1.807, 2.05) is 0 Å². The van der Waals surface area contributed by atoms with Gasteiger partial charge in [0.2, 0.25) is 0 Å². The van der Waals surface area contributed by atoms with Gasteiger partial charge in [0.25, 0.3) is 0 Å². The Morgan fingerprint density at radius 3 is 1.37 bits per heavy atom. The molecule has 0 aromatic carbocycles. The molecular formula is C20H30Br2N2O3. The van der Waals surface area contributed by atoms with Gasteiger partial charge in [-0.2, -0.15) is 0 Å². The van der Waals surface area contributed by atoms with E-state index in [0.29, 0.717) is 39.6 Å². The molecule has 0 amide bonds. The Hall–Kier alpha value is -0.860. The van der Waals surface area contributed by atoms with Gasteiger partial charge < -0.3 is 48.2 Å². The molecule has 27 heavy (non-hydrogen) atoms. The van der Waals surface area contributed by atoms with E-state index in [9.17, 15) is 0 Å². The first-order chi connectivity index (χ1) is 12.2. The van der Waals surface area contributed by atoms with Crippen LogP contribution in [0.25, 0.3) is 0 Å². The molecule has 2 rings (SSSR count). The third-order valence-corrected chi connectivity index (χ3v) is 3.74. The van der Waals surface area contributed by atoms with E-state index in [4.69, 9.17) is 14.2 Å². The van der Waals surface area contributed by atoms with Crippen molar-refractivity contribution in [2.45, 2.75) is 26.9 Å². The highest BCUT2D eigenvalue weighted by molar-refractivity contribution is 5.01. The zero-order valence-corrected chi connectivity index (χ0v) is 19.3. The standard InChI is InChI=1S/C20H30N2O3.2BrH/c1-19-5-3-7-21(17-19)9-11-23-13-15-25-16-14-24-12-10-22-8-4-6-20(2)18-22;;/h3-8,17-18H,9-16H2,1-2H3;2*1H/q+2;;/p-2. The molecule has 0 radical (unpaired) electrons. The van der Waals surface area contributed by atoms with Crippen LogP contribution in [0.15, 0.2) is 49.1 Å². The first-order valence-electron chi connectivity index (χ1n) is 8.89. The maximum Gasteiger partial charge on any atom is 0.171 e. The minimum Gasteiger partial charge on any atom is -1.00 e. The van der Waals surface area contributed by atoms with Gasteiger partial charge in [0.1, 0.15) is 13.2 Å². The number of hydrogen-bond donors (Lipinski definition) is 0. The third-order valence-electron chi connectivity index (χ3n) is 3.74. The quantitative estimate of drug-likeness (QED) is 0.216. The largest absolute Gasteiger partial charge is 1.00 e. The van der Waals surface area contributed by atoms with Gasteiger partial charge in [-0.15, -0.1) is 0 Å². The Kier molecular flexibility index (Phi) is 15.6. The highest BCUT2D eigenvalue weighted by Gasteiger charge is 2.01. The molecule has 0 aliphatic heterocycles. The zero-order valence-electron chi connectivity index (χ0n) is 16.2. The van der Waals surface area contributed by atoms with Crippen LogP contribution < -0.4 is 43.1 Å². The van der Waals surface area contributed by atoms with Gasteiger partial charge in [-0.3, -0.25) is 0 Å². The Morgan fingerprint density at radius 1 is 0.630 bits per heavy atom. The molecule has 0 spiro atoms. The topological polar surface area (TPSA) is 35.5 Å². The Bertz CT molecular complexity index is 576. The molecule has 2 aromatic heterocycles. The Balaban J connectivity index is 0.00000338. The fourth-order valence-corrected chi connectivity index (χ4v) is 2.47. The summed E-state index contributed by atoms with van der Waals surface area (Å²) in [5, 5.41) is 0.